The zero-order valence-electron chi connectivity index (χ0n) is 10.9. The normalized spacial score (nSPS) is 11.4. The molecule has 4 nitrogen and oxygen atoms in total. The molecule has 0 aliphatic rings. The van der Waals surface area contributed by atoms with E-state index in [2.05, 4.69) is 5.32 Å². The molecular formula is C14H15FNO3P. The van der Waals surface area contributed by atoms with E-state index in [1.807, 2.05) is 0 Å². The Morgan fingerprint density at radius 2 is 1.75 bits per heavy atom. The van der Waals surface area contributed by atoms with E-state index in [1.165, 1.54) is 6.07 Å². The van der Waals surface area contributed by atoms with Crippen molar-refractivity contribution in [2.45, 2.75) is 13.1 Å². The van der Waals surface area contributed by atoms with Crippen LogP contribution in [-0.4, -0.2) is 9.79 Å². The van der Waals surface area contributed by atoms with Gasteiger partial charge in [0.25, 0.3) is 0 Å². The van der Waals surface area contributed by atoms with Crippen LogP contribution in [0.1, 0.15) is 11.1 Å². The molecule has 106 valence electrons. The molecule has 0 aliphatic heterocycles. The lowest BCUT2D eigenvalue weighted by Crippen LogP contribution is -1.99. The van der Waals surface area contributed by atoms with E-state index in [9.17, 15) is 8.96 Å². The molecule has 2 aromatic rings. The van der Waals surface area contributed by atoms with Crippen molar-refractivity contribution in [3.63, 3.8) is 0 Å². The third-order valence-electron chi connectivity index (χ3n) is 2.93. The average Bonchev–Trinajstić information content (AvgIpc) is 2.35. The number of rotatable bonds is 4. The summed E-state index contributed by atoms with van der Waals surface area (Å²) in [6.07, 6.45) is -0.357. The molecule has 0 heterocycles. The van der Waals surface area contributed by atoms with Crippen LogP contribution in [-0.2, 0) is 10.7 Å². The van der Waals surface area contributed by atoms with Crippen molar-refractivity contribution in [2.75, 3.05) is 5.32 Å². The fourth-order valence-corrected chi connectivity index (χ4v) is 2.61. The topological polar surface area (TPSA) is 69.6 Å². The van der Waals surface area contributed by atoms with Crippen molar-refractivity contribution < 1.29 is 18.7 Å². The second-order valence-electron chi connectivity index (χ2n) is 4.52. The highest BCUT2D eigenvalue weighted by atomic mass is 31.2. The van der Waals surface area contributed by atoms with Crippen LogP contribution in [0.5, 0.6) is 0 Å². The van der Waals surface area contributed by atoms with Crippen LogP contribution in [0.3, 0.4) is 0 Å². The monoisotopic (exact) mass is 295 g/mol. The predicted octanol–water partition coefficient (Wildman–Crippen LogP) is 3.56. The number of anilines is 2. The second-order valence-corrected chi connectivity index (χ2v) is 6.16. The Balaban J connectivity index is 2.34. The molecule has 0 saturated heterocycles. The van der Waals surface area contributed by atoms with Gasteiger partial charge in [0, 0.05) is 16.9 Å². The molecule has 20 heavy (non-hydrogen) atoms. The molecule has 3 N–H and O–H groups in total. The first-order valence-corrected chi connectivity index (χ1v) is 7.81. The van der Waals surface area contributed by atoms with Crippen LogP contribution in [0.4, 0.5) is 15.8 Å². The van der Waals surface area contributed by atoms with E-state index in [1.54, 1.807) is 43.3 Å². The van der Waals surface area contributed by atoms with Crippen molar-refractivity contribution in [1.82, 2.24) is 0 Å². The van der Waals surface area contributed by atoms with E-state index < -0.39 is 7.60 Å². The van der Waals surface area contributed by atoms with Gasteiger partial charge in [-0.25, -0.2) is 4.39 Å². The van der Waals surface area contributed by atoms with Gasteiger partial charge < -0.3 is 15.1 Å². The first-order chi connectivity index (χ1) is 9.37. The summed E-state index contributed by atoms with van der Waals surface area (Å²) >= 11 is 0. The van der Waals surface area contributed by atoms with Crippen LogP contribution >= 0.6 is 7.60 Å². The van der Waals surface area contributed by atoms with Gasteiger partial charge in [-0.3, -0.25) is 4.57 Å². The lowest BCUT2D eigenvalue weighted by molar-refractivity contribution is 0.372. The summed E-state index contributed by atoms with van der Waals surface area (Å²) < 4.78 is 24.6. The first kappa shape index (κ1) is 14.7. The fourth-order valence-electron chi connectivity index (χ4n) is 1.89. The molecule has 2 aromatic carbocycles. The van der Waals surface area contributed by atoms with Crippen molar-refractivity contribution in [1.29, 1.82) is 0 Å². The third-order valence-corrected chi connectivity index (χ3v) is 3.68. The summed E-state index contributed by atoms with van der Waals surface area (Å²) in [5, 5.41) is 3.02. The molecule has 0 saturated carbocycles. The van der Waals surface area contributed by atoms with Crippen LogP contribution in [0.25, 0.3) is 0 Å². The molecule has 0 unspecified atom stereocenters. The summed E-state index contributed by atoms with van der Waals surface area (Å²) in [4.78, 5) is 18.2. The summed E-state index contributed by atoms with van der Waals surface area (Å²) in [5.74, 6) is -0.331. The number of hydrogen-bond donors (Lipinski definition) is 3. The van der Waals surface area contributed by atoms with Gasteiger partial charge in [0.15, 0.2) is 0 Å². The summed E-state index contributed by atoms with van der Waals surface area (Å²) in [6, 6.07) is 11.4. The standard InChI is InChI=1S/C14H15FNO3P/c1-10-12(15)6-4-8-13(10)16-14-7-3-2-5-11(14)9-20(17,18)19/h2-8,16H,9H2,1H3,(H2,17,18,19). The van der Waals surface area contributed by atoms with Crippen LogP contribution in [0.15, 0.2) is 42.5 Å². The van der Waals surface area contributed by atoms with E-state index in [4.69, 9.17) is 9.79 Å². The molecule has 0 spiro atoms. The quantitative estimate of drug-likeness (QED) is 0.754. The Morgan fingerprint density at radius 3 is 2.45 bits per heavy atom. The number of hydrogen-bond acceptors (Lipinski definition) is 2. The number of para-hydroxylation sites is 1. The van der Waals surface area contributed by atoms with Gasteiger partial charge >= 0.3 is 7.60 Å². The zero-order chi connectivity index (χ0) is 14.8. The molecule has 0 aromatic heterocycles. The van der Waals surface area contributed by atoms with Gasteiger partial charge in [0.1, 0.15) is 5.82 Å². The highest BCUT2D eigenvalue weighted by Crippen LogP contribution is 2.41. The van der Waals surface area contributed by atoms with E-state index in [0.29, 0.717) is 22.5 Å². The largest absolute Gasteiger partial charge is 0.355 e. The molecule has 6 heteroatoms. The smallest absolute Gasteiger partial charge is 0.329 e. The van der Waals surface area contributed by atoms with Gasteiger partial charge in [0.05, 0.1) is 6.16 Å². The summed E-state index contributed by atoms with van der Waals surface area (Å²) in [7, 11) is -4.15. The van der Waals surface area contributed by atoms with Gasteiger partial charge in [-0.15, -0.1) is 0 Å². The lowest BCUT2D eigenvalue weighted by atomic mass is 10.1. The Kier molecular flexibility index (Phi) is 4.23. The summed E-state index contributed by atoms with van der Waals surface area (Å²) in [5.41, 5.74) is 2.08. The van der Waals surface area contributed by atoms with E-state index in [-0.39, 0.29) is 12.0 Å². The maximum atomic E-state index is 13.5. The van der Waals surface area contributed by atoms with Crippen molar-refractivity contribution in [3.05, 3.63) is 59.4 Å². The molecule has 0 radical (unpaired) electrons. The number of halogens is 1. The minimum absolute atomic E-state index is 0.331. The van der Waals surface area contributed by atoms with Crippen LogP contribution in [0.2, 0.25) is 0 Å². The molecule has 0 fully saturated rings. The molecular weight excluding hydrogens is 280 g/mol. The van der Waals surface area contributed by atoms with Crippen molar-refractivity contribution in [2.24, 2.45) is 0 Å². The predicted molar refractivity (Wildman–Crippen MR) is 76.6 cm³/mol. The molecule has 0 atom stereocenters. The van der Waals surface area contributed by atoms with Gasteiger partial charge in [-0.05, 0) is 30.7 Å². The van der Waals surface area contributed by atoms with Gasteiger partial charge in [-0.1, -0.05) is 24.3 Å². The first-order valence-electron chi connectivity index (χ1n) is 6.01. The maximum absolute atomic E-state index is 13.5. The van der Waals surface area contributed by atoms with Crippen LogP contribution < -0.4 is 5.32 Å². The van der Waals surface area contributed by atoms with Gasteiger partial charge in [-0.2, -0.15) is 0 Å². The molecule has 0 bridgehead atoms. The highest BCUT2D eigenvalue weighted by Gasteiger charge is 2.16. The van der Waals surface area contributed by atoms with Crippen molar-refractivity contribution in [3.8, 4) is 0 Å². The fraction of sp³-hybridized carbons (Fsp3) is 0.143. The molecule has 2 rings (SSSR count). The Labute approximate surface area is 116 Å². The minimum Gasteiger partial charge on any atom is -0.355 e. The van der Waals surface area contributed by atoms with Crippen LogP contribution in [0, 0.1) is 12.7 Å². The average molecular weight is 295 g/mol. The zero-order valence-corrected chi connectivity index (χ0v) is 11.8. The van der Waals surface area contributed by atoms with E-state index >= 15 is 0 Å². The third kappa shape index (κ3) is 3.67. The Morgan fingerprint density at radius 1 is 1.10 bits per heavy atom. The number of nitrogens with one attached hydrogen (secondary N) is 1. The van der Waals surface area contributed by atoms with Crippen molar-refractivity contribution >= 4 is 19.0 Å². The van der Waals surface area contributed by atoms with Gasteiger partial charge in [0.2, 0.25) is 0 Å². The second kappa shape index (κ2) is 5.75. The molecule has 0 aliphatic carbocycles. The Hall–Kier alpha value is -1.68. The van der Waals surface area contributed by atoms with E-state index in [0.717, 1.165) is 0 Å². The number of benzene rings is 2. The minimum atomic E-state index is -4.15. The lowest BCUT2D eigenvalue weighted by Gasteiger charge is -2.14. The SMILES string of the molecule is Cc1c(F)cccc1Nc1ccccc1CP(=O)(O)O. The maximum Gasteiger partial charge on any atom is 0.329 e. The summed E-state index contributed by atoms with van der Waals surface area (Å²) in [6.45, 7) is 1.64. The molecule has 0 amide bonds. The Bertz CT molecular complexity index is 669. The highest BCUT2D eigenvalue weighted by molar-refractivity contribution is 7.50.